The number of benzene rings is 1. The molecular formula is C25H26N2O6. The highest BCUT2D eigenvalue weighted by atomic mass is 16.3. The summed E-state index contributed by atoms with van der Waals surface area (Å²) in [6.07, 6.45) is 2.46. The van der Waals surface area contributed by atoms with Crippen LogP contribution in [-0.2, 0) is 16.0 Å². The number of carbonyl (C=O) groups excluding carboxylic acids is 3. The lowest BCUT2D eigenvalue weighted by atomic mass is 9.59. The van der Waals surface area contributed by atoms with Gasteiger partial charge in [-0.05, 0) is 67.8 Å². The van der Waals surface area contributed by atoms with E-state index in [1.807, 2.05) is 0 Å². The summed E-state index contributed by atoms with van der Waals surface area (Å²) in [5, 5.41) is 35.2. The molecule has 2 saturated carbocycles. The molecule has 0 bridgehead atoms. The van der Waals surface area contributed by atoms with E-state index in [4.69, 9.17) is 5.73 Å². The first-order valence-corrected chi connectivity index (χ1v) is 11.2. The molecule has 172 valence electrons. The van der Waals surface area contributed by atoms with Crippen LogP contribution < -0.4 is 11.1 Å². The van der Waals surface area contributed by atoms with Crippen LogP contribution in [0.15, 0.2) is 40.2 Å². The minimum Gasteiger partial charge on any atom is -0.511 e. The summed E-state index contributed by atoms with van der Waals surface area (Å²) < 4.78 is 0. The van der Waals surface area contributed by atoms with Crippen LogP contribution in [0.4, 0.5) is 0 Å². The second-order valence-electron chi connectivity index (χ2n) is 9.35. The maximum Gasteiger partial charge on any atom is 0.252 e. The molecule has 5 rings (SSSR count). The van der Waals surface area contributed by atoms with Gasteiger partial charge in [0.2, 0.25) is 0 Å². The second-order valence-corrected chi connectivity index (χ2v) is 9.35. The van der Waals surface area contributed by atoms with Gasteiger partial charge in [0.25, 0.3) is 5.91 Å². The zero-order valence-electron chi connectivity index (χ0n) is 18.3. The van der Waals surface area contributed by atoms with Crippen LogP contribution in [0.25, 0.3) is 5.76 Å². The molecule has 1 amide bonds. The number of phenolic OH excluding ortho intramolecular Hbond substituents is 1. The smallest absolute Gasteiger partial charge is 0.252 e. The Balaban J connectivity index is 1.65. The highest BCUT2D eigenvalue weighted by Crippen LogP contribution is 2.54. The number of aliphatic hydroxyl groups excluding tert-OH is 2. The van der Waals surface area contributed by atoms with E-state index < -0.39 is 11.8 Å². The fourth-order valence-electron chi connectivity index (χ4n) is 5.94. The lowest BCUT2D eigenvalue weighted by Crippen LogP contribution is -2.43. The van der Waals surface area contributed by atoms with E-state index in [9.17, 15) is 29.7 Å². The molecule has 3 atom stereocenters. The van der Waals surface area contributed by atoms with E-state index in [0.717, 1.165) is 18.4 Å². The van der Waals surface area contributed by atoms with Crippen LogP contribution in [0.1, 0.15) is 47.2 Å². The Bertz CT molecular complexity index is 1220. The molecule has 0 aliphatic heterocycles. The maximum atomic E-state index is 13.8. The quantitative estimate of drug-likeness (QED) is 0.442. The monoisotopic (exact) mass is 450 g/mol. The van der Waals surface area contributed by atoms with Gasteiger partial charge in [-0.3, -0.25) is 14.4 Å². The number of fused-ring (bicyclic) bond motifs is 3. The Morgan fingerprint density at radius 2 is 1.85 bits per heavy atom. The lowest BCUT2D eigenvalue weighted by Gasteiger charge is -2.43. The highest BCUT2D eigenvalue weighted by Gasteiger charge is 2.51. The van der Waals surface area contributed by atoms with Gasteiger partial charge >= 0.3 is 0 Å². The molecule has 8 heteroatoms. The minimum absolute atomic E-state index is 0.0367. The van der Waals surface area contributed by atoms with Crippen molar-refractivity contribution in [3.8, 4) is 5.75 Å². The van der Waals surface area contributed by atoms with E-state index in [0.29, 0.717) is 29.5 Å². The number of phenols is 1. The number of ketones is 2. The third kappa shape index (κ3) is 3.20. The van der Waals surface area contributed by atoms with Gasteiger partial charge in [-0.1, -0.05) is 5.57 Å². The van der Waals surface area contributed by atoms with E-state index in [-0.39, 0.29) is 70.3 Å². The van der Waals surface area contributed by atoms with Gasteiger partial charge in [0.05, 0.1) is 23.6 Å². The summed E-state index contributed by atoms with van der Waals surface area (Å²) in [6.45, 7) is 0.105. The molecule has 4 aliphatic carbocycles. The minimum atomic E-state index is -0.757. The molecular weight excluding hydrogens is 424 g/mol. The third-order valence-corrected chi connectivity index (χ3v) is 7.34. The Morgan fingerprint density at radius 1 is 1.12 bits per heavy atom. The number of hydrogen-bond donors (Lipinski definition) is 5. The molecule has 3 unspecified atom stereocenters. The van der Waals surface area contributed by atoms with Gasteiger partial charge in [-0.25, -0.2) is 0 Å². The highest BCUT2D eigenvalue weighted by molar-refractivity contribution is 6.10. The normalized spacial score (nSPS) is 26.1. The van der Waals surface area contributed by atoms with E-state index in [1.54, 1.807) is 13.1 Å². The van der Waals surface area contributed by atoms with Crippen molar-refractivity contribution in [2.75, 3.05) is 13.6 Å². The molecule has 1 aromatic carbocycles. The number of primary amides is 1. The Morgan fingerprint density at radius 3 is 2.48 bits per heavy atom. The summed E-state index contributed by atoms with van der Waals surface area (Å²) in [5.74, 6) is -3.06. The Hall–Kier alpha value is -3.39. The Labute approximate surface area is 190 Å². The van der Waals surface area contributed by atoms with Crippen molar-refractivity contribution in [3.05, 3.63) is 56.9 Å². The van der Waals surface area contributed by atoms with Gasteiger partial charge in [0, 0.05) is 17.6 Å². The molecule has 0 spiro atoms. The van der Waals surface area contributed by atoms with Crippen LogP contribution in [0.3, 0.4) is 0 Å². The van der Waals surface area contributed by atoms with Crippen molar-refractivity contribution in [3.63, 3.8) is 0 Å². The fraction of sp³-hybridized carbons (Fsp3) is 0.400. The first-order valence-electron chi connectivity index (χ1n) is 11.2. The van der Waals surface area contributed by atoms with E-state index >= 15 is 0 Å². The topological polar surface area (TPSA) is 150 Å². The van der Waals surface area contributed by atoms with Crippen LogP contribution in [0, 0.1) is 17.8 Å². The number of nitrogens with one attached hydrogen (secondary N) is 1. The molecule has 33 heavy (non-hydrogen) atoms. The predicted molar refractivity (Wildman–Crippen MR) is 119 cm³/mol. The third-order valence-electron chi connectivity index (χ3n) is 7.34. The second kappa shape index (κ2) is 7.59. The van der Waals surface area contributed by atoms with Crippen molar-refractivity contribution in [1.82, 2.24) is 5.32 Å². The molecule has 4 aliphatic rings. The molecule has 1 aromatic rings. The number of amides is 1. The summed E-state index contributed by atoms with van der Waals surface area (Å²) in [5.41, 5.74) is 8.34. The van der Waals surface area contributed by atoms with Gasteiger partial charge in [0.1, 0.15) is 17.3 Å². The zero-order valence-corrected chi connectivity index (χ0v) is 18.3. The predicted octanol–water partition coefficient (Wildman–Crippen LogP) is 2.23. The SMILES string of the molecule is CNCC(=O)c1ccc(O)c2c1CC1CC3CC(O)=C(C(N)=O)C(=C4CC4)C3C(=O)C1=C2O. The van der Waals surface area contributed by atoms with Crippen molar-refractivity contribution < 1.29 is 29.7 Å². The summed E-state index contributed by atoms with van der Waals surface area (Å²) in [4.78, 5) is 38.6. The summed E-state index contributed by atoms with van der Waals surface area (Å²) >= 11 is 0. The van der Waals surface area contributed by atoms with Gasteiger partial charge < -0.3 is 26.4 Å². The van der Waals surface area contributed by atoms with Crippen molar-refractivity contribution in [2.24, 2.45) is 23.5 Å². The van der Waals surface area contributed by atoms with Gasteiger partial charge in [-0.15, -0.1) is 0 Å². The zero-order chi connectivity index (χ0) is 23.6. The average Bonchev–Trinajstić information content (AvgIpc) is 3.57. The number of Topliss-reactive ketones (excluding diaryl/α,β-unsaturated/α-hetero) is 2. The number of hydrogen-bond acceptors (Lipinski definition) is 7. The molecule has 6 N–H and O–H groups in total. The first-order chi connectivity index (χ1) is 15.7. The number of nitrogens with two attached hydrogens (primary N) is 1. The molecule has 0 radical (unpaired) electrons. The van der Waals surface area contributed by atoms with Crippen LogP contribution in [0.2, 0.25) is 0 Å². The standard InChI is InChI=1S/C25H26N2O6/c1-27-9-17(30)13-4-5-15(28)21-14(13)7-11-6-12-8-16(29)22(25(26)33)18(10-2-3-10)19(12)23(31)20(11)24(21)32/h4-5,11-12,19,27-29,32H,2-3,6-9H2,1H3,(H2,26,33). The van der Waals surface area contributed by atoms with E-state index in [1.165, 1.54) is 6.07 Å². The fourth-order valence-corrected chi connectivity index (χ4v) is 5.94. The number of allylic oxidation sites excluding steroid dienone is 3. The van der Waals surface area contributed by atoms with Gasteiger partial charge in [-0.2, -0.15) is 0 Å². The lowest BCUT2D eigenvalue weighted by molar-refractivity contribution is -0.122. The summed E-state index contributed by atoms with van der Waals surface area (Å²) in [6, 6.07) is 2.91. The van der Waals surface area contributed by atoms with Crippen LogP contribution >= 0.6 is 0 Å². The van der Waals surface area contributed by atoms with Crippen molar-refractivity contribution in [1.29, 1.82) is 0 Å². The average molecular weight is 450 g/mol. The number of rotatable bonds is 4. The van der Waals surface area contributed by atoms with Gasteiger partial charge in [0.15, 0.2) is 11.6 Å². The number of aliphatic hydroxyl groups is 2. The molecule has 2 fully saturated rings. The maximum absolute atomic E-state index is 13.8. The largest absolute Gasteiger partial charge is 0.511 e. The van der Waals surface area contributed by atoms with E-state index in [2.05, 4.69) is 5.32 Å². The van der Waals surface area contributed by atoms with Crippen LogP contribution in [-0.4, -0.2) is 46.4 Å². The molecule has 0 aromatic heterocycles. The number of carbonyl (C=O) groups is 3. The Kier molecular flexibility index (Phi) is 4.93. The number of likely N-dealkylation sites (N-methyl/N-ethyl adjacent to an activating group) is 1. The summed E-state index contributed by atoms with van der Waals surface area (Å²) in [7, 11) is 1.66. The van der Waals surface area contributed by atoms with Crippen molar-refractivity contribution >= 4 is 23.2 Å². The molecule has 0 heterocycles. The van der Waals surface area contributed by atoms with Crippen LogP contribution in [0.5, 0.6) is 5.75 Å². The van der Waals surface area contributed by atoms with Crippen molar-refractivity contribution in [2.45, 2.75) is 32.1 Å². The molecule has 0 saturated heterocycles. The number of aromatic hydroxyl groups is 1. The first kappa shape index (κ1) is 21.5. The molecule has 8 nitrogen and oxygen atoms in total.